The molecule has 1 saturated heterocycles. The summed E-state index contributed by atoms with van der Waals surface area (Å²) in [6.45, 7) is 6.41. The zero-order chi connectivity index (χ0) is 16.6. The Bertz CT molecular complexity index is 677. The highest BCUT2D eigenvalue weighted by Crippen LogP contribution is 2.39. The number of likely N-dealkylation sites (tertiary alicyclic amines) is 1. The zero-order valence-electron chi connectivity index (χ0n) is 14.4. The lowest BCUT2D eigenvalue weighted by Gasteiger charge is -2.41. The molecule has 2 aliphatic rings. The van der Waals surface area contributed by atoms with Crippen LogP contribution in [0.15, 0.2) is 12.1 Å². The molecule has 1 aliphatic carbocycles. The first kappa shape index (κ1) is 16.9. The van der Waals surface area contributed by atoms with E-state index in [2.05, 4.69) is 35.6 Å². The average molecular weight is 337 g/mol. The van der Waals surface area contributed by atoms with Crippen molar-refractivity contribution >= 4 is 10.0 Å². The number of sulfonamides is 1. The van der Waals surface area contributed by atoms with Crippen molar-refractivity contribution in [3.63, 3.8) is 0 Å². The summed E-state index contributed by atoms with van der Waals surface area (Å²) in [4.78, 5) is 2.57. The van der Waals surface area contributed by atoms with Gasteiger partial charge in [0.25, 0.3) is 0 Å². The molecule has 1 heterocycles. The van der Waals surface area contributed by atoms with Crippen molar-refractivity contribution in [2.45, 2.75) is 58.0 Å². The van der Waals surface area contributed by atoms with Crippen LogP contribution in [0.3, 0.4) is 0 Å². The number of hydrogen-bond acceptors (Lipinski definition) is 3. The van der Waals surface area contributed by atoms with Crippen molar-refractivity contribution in [3.8, 4) is 0 Å². The minimum atomic E-state index is -3.10. The standard InChI is InChI=1S/C18H28N2O2S/c1-13-7-8-14(2)18-16(13)5-4-6-17(18)20-11-9-15(10-12-20)19-23(3,21)22/h7-8,15,17,19H,4-6,9-12H2,1-3H3/t17-/m0/s1. The third-order valence-electron chi connectivity index (χ3n) is 5.40. The van der Waals surface area contributed by atoms with Gasteiger partial charge in [-0.15, -0.1) is 0 Å². The SMILES string of the molecule is Cc1ccc(C)c2c1CCC[C@@H]2N1CCC(NS(C)(=O)=O)CC1. The maximum Gasteiger partial charge on any atom is 0.208 e. The van der Waals surface area contributed by atoms with E-state index in [0.29, 0.717) is 6.04 Å². The summed E-state index contributed by atoms with van der Waals surface area (Å²) in [5.41, 5.74) is 5.93. The van der Waals surface area contributed by atoms with Gasteiger partial charge in [0, 0.05) is 25.2 Å². The molecule has 4 nitrogen and oxygen atoms in total. The number of nitrogens with one attached hydrogen (secondary N) is 1. The molecule has 5 heteroatoms. The Morgan fingerprint density at radius 3 is 2.39 bits per heavy atom. The molecule has 128 valence electrons. The van der Waals surface area contributed by atoms with Crippen molar-refractivity contribution in [3.05, 3.63) is 34.4 Å². The molecule has 0 spiro atoms. The third kappa shape index (κ3) is 3.78. The first-order chi connectivity index (χ1) is 10.8. The number of hydrogen-bond donors (Lipinski definition) is 1. The number of piperidine rings is 1. The fraction of sp³-hybridized carbons (Fsp3) is 0.667. The lowest BCUT2D eigenvalue weighted by molar-refractivity contribution is 0.135. The summed E-state index contributed by atoms with van der Waals surface area (Å²) in [7, 11) is -3.10. The molecule has 1 atom stereocenters. The summed E-state index contributed by atoms with van der Waals surface area (Å²) in [6, 6.07) is 5.12. The molecular formula is C18H28N2O2S. The molecule has 1 aromatic carbocycles. The van der Waals surface area contributed by atoms with E-state index >= 15 is 0 Å². The van der Waals surface area contributed by atoms with E-state index in [0.717, 1.165) is 25.9 Å². The average Bonchev–Trinajstić information content (AvgIpc) is 2.50. The molecule has 0 bridgehead atoms. The smallest absolute Gasteiger partial charge is 0.208 e. The van der Waals surface area contributed by atoms with E-state index < -0.39 is 10.0 Å². The highest BCUT2D eigenvalue weighted by molar-refractivity contribution is 7.88. The highest BCUT2D eigenvalue weighted by Gasteiger charge is 2.31. The van der Waals surface area contributed by atoms with Crippen LogP contribution < -0.4 is 4.72 Å². The quantitative estimate of drug-likeness (QED) is 0.923. The van der Waals surface area contributed by atoms with E-state index in [1.807, 2.05) is 0 Å². The van der Waals surface area contributed by atoms with E-state index in [-0.39, 0.29) is 6.04 Å². The van der Waals surface area contributed by atoms with E-state index in [1.165, 1.54) is 36.6 Å². The van der Waals surface area contributed by atoms with Gasteiger partial charge in [-0.3, -0.25) is 4.90 Å². The molecule has 0 radical (unpaired) electrons. The van der Waals surface area contributed by atoms with Gasteiger partial charge in [-0.2, -0.15) is 0 Å². The van der Waals surface area contributed by atoms with Gasteiger partial charge in [-0.25, -0.2) is 13.1 Å². The Morgan fingerprint density at radius 1 is 1.09 bits per heavy atom. The Hall–Kier alpha value is -0.910. The highest BCUT2D eigenvalue weighted by atomic mass is 32.2. The van der Waals surface area contributed by atoms with Crippen LogP contribution >= 0.6 is 0 Å². The van der Waals surface area contributed by atoms with E-state index in [9.17, 15) is 8.42 Å². The molecule has 1 fully saturated rings. The molecule has 1 aliphatic heterocycles. The van der Waals surface area contributed by atoms with Gasteiger partial charge in [-0.05, 0) is 68.2 Å². The predicted octanol–water partition coefficient (Wildman–Crippen LogP) is 2.69. The summed E-state index contributed by atoms with van der Waals surface area (Å²) < 4.78 is 25.6. The van der Waals surface area contributed by atoms with Crippen LogP contribution in [0.25, 0.3) is 0 Å². The van der Waals surface area contributed by atoms with Gasteiger partial charge < -0.3 is 0 Å². The van der Waals surface area contributed by atoms with E-state index in [1.54, 1.807) is 11.1 Å². The molecule has 0 saturated carbocycles. The van der Waals surface area contributed by atoms with Crippen molar-refractivity contribution < 1.29 is 8.42 Å². The van der Waals surface area contributed by atoms with Gasteiger partial charge in [0.1, 0.15) is 0 Å². The molecule has 0 aromatic heterocycles. The second-order valence-electron chi connectivity index (χ2n) is 7.20. The minimum absolute atomic E-state index is 0.0999. The number of fused-ring (bicyclic) bond motifs is 1. The number of aryl methyl sites for hydroxylation is 2. The van der Waals surface area contributed by atoms with Crippen LogP contribution in [0.5, 0.6) is 0 Å². The summed E-state index contributed by atoms with van der Waals surface area (Å²) in [5, 5.41) is 0. The van der Waals surface area contributed by atoms with Crippen LogP contribution in [-0.4, -0.2) is 38.7 Å². The summed E-state index contributed by atoms with van der Waals surface area (Å²) in [5.74, 6) is 0. The van der Waals surface area contributed by atoms with Crippen LogP contribution in [-0.2, 0) is 16.4 Å². The minimum Gasteiger partial charge on any atom is -0.296 e. The Morgan fingerprint density at radius 2 is 1.74 bits per heavy atom. The normalized spacial score (nSPS) is 23.7. The van der Waals surface area contributed by atoms with Crippen LogP contribution in [0.4, 0.5) is 0 Å². The Labute approximate surface area is 140 Å². The number of nitrogens with zero attached hydrogens (tertiary/aromatic N) is 1. The molecule has 0 unspecified atom stereocenters. The lowest BCUT2D eigenvalue weighted by Crippen LogP contribution is -2.46. The van der Waals surface area contributed by atoms with E-state index in [4.69, 9.17) is 0 Å². The topological polar surface area (TPSA) is 49.4 Å². The largest absolute Gasteiger partial charge is 0.296 e. The molecule has 23 heavy (non-hydrogen) atoms. The fourth-order valence-corrected chi connectivity index (χ4v) is 5.14. The summed E-state index contributed by atoms with van der Waals surface area (Å²) >= 11 is 0. The first-order valence-corrected chi connectivity index (χ1v) is 10.5. The second-order valence-corrected chi connectivity index (χ2v) is 8.98. The second kappa shape index (κ2) is 6.54. The molecular weight excluding hydrogens is 308 g/mol. The van der Waals surface area contributed by atoms with Crippen LogP contribution in [0.2, 0.25) is 0 Å². The van der Waals surface area contributed by atoms with Gasteiger partial charge in [0.15, 0.2) is 0 Å². The van der Waals surface area contributed by atoms with Gasteiger partial charge in [0.05, 0.1) is 6.26 Å². The lowest BCUT2D eigenvalue weighted by atomic mass is 9.81. The predicted molar refractivity (Wildman–Crippen MR) is 94.2 cm³/mol. The van der Waals surface area contributed by atoms with Crippen LogP contribution in [0, 0.1) is 13.8 Å². The van der Waals surface area contributed by atoms with Gasteiger partial charge in [-0.1, -0.05) is 12.1 Å². The fourth-order valence-electron chi connectivity index (χ4n) is 4.30. The number of benzene rings is 1. The summed E-state index contributed by atoms with van der Waals surface area (Å²) in [6.07, 6.45) is 6.74. The molecule has 3 rings (SSSR count). The zero-order valence-corrected chi connectivity index (χ0v) is 15.2. The van der Waals surface area contributed by atoms with Crippen molar-refractivity contribution in [2.24, 2.45) is 0 Å². The van der Waals surface area contributed by atoms with Gasteiger partial charge >= 0.3 is 0 Å². The van der Waals surface area contributed by atoms with Crippen molar-refractivity contribution in [1.82, 2.24) is 9.62 Å². The molecule has 1 N–H and O–H groups in total. The number of rotatable bonds is 3. The van der Waals surface area contributed by atoms with Crippen molar-refractivity contribution in [1.29, 1.82) is 0 Å². The molecule has 0 amide bonds. The molecule has 1 aromatic rings. The van der Waals surface area contributed by atoms with Crippen LogP contribution in [0.1, 0.15) is 54.0 Å². The first-order valence-electron chi connectivity index (χ1n) is 8.65. The monoisotopic (exact) mass is 336 g/mol. The van der Waals surface area contributed by atoms with Crippen molar-refractivity contribution in [2.75, 3.05) is 19.3 Å². The third-order valence-corrected chi connectivity index (χ3v) is 6.16. The maximum absolute atomic E-state index is 11.4. The maximum atomic E-state index is 11.4. The van der Waals surface area contributed by atoms with Gasteiger partial charge in [0.2, 0.25) is 10.0 Å². The Kier molecular flexibility index (Phi) is 4.81. The Balaban J connectivity index is 1.75.